The number of urea groups is 1. The number of ether oxygens (including phenoxy) is 2. The number of carbonyl (C=O) groups excluding carboxylic acids is 2. The molecule has 7 heteroatoms. The van der Waals surface area contributed by atoms with E-state index < -0.39 is 17.6 Å². The molecule has 28 heavy (non-hydrogen) atoms. The number of primary amides is 1. The molecule has 2 unspecified atom stereocenters. The Labute approximate surface area is 163 Å². The Morgan fingerprint density at radius 1 is 1.18 bits per heavy atom. The first kappa shape index (κ1) is 18.2. The number of rotatable bonds is 4. The van der Waals surface area contributed by atoms with Crippen LogP contribution in [0.2, 0.25) is 0 Å². The summed E-state index contributed by atoms with van der Waals surface area (Å²) >= 11 is 0. The van der Waals surface area contributed by atoms with E-state index in [0.29, 0.717) is 23.7 Å². The van der Waals surface area contributed by atoms with Crippen molar-refractivity contribution in [3.05, 3.63) is 54.1 Å². The van der Waals surface area contributed by atoms with Crippen molar-refractivity contribution >= 4 is 17.6 Å². The Kier molecular flexibility index (Phi) is 4.18. The molecule has 2 aromatic carbocycles. The molecule has 146 valence electrons. The Morgan fingerprint density at radius 3 is 2.57 bits per heavy atom. The van der Waals surface area contributed by atoms with Gasteiger partial charge in [0.15, 0.2) is 0 Å². The summed E-state index contributed by atoms with van der Waals surface area (Å²) in [7, 11) is 1.61. The minimum absolute atomic E-state index is 0.260. The topological polar surface area (TPSA) is 85.1 Å². The average Bonchev–Trinajstić information content (AvgIpc) is 3.05. The summed E-state index contributed by atoms with van der Waals surface area (Å²) in [4.78, 5) is 28.6. The molecule has 2 atom stereocenters. The molecule has 4 rings (SSSR count). The zero-order valence-electron chi connectivity index (χ0n) is 16.1. The summed E-state index contributed by atoms with van der Waals surface area (Å²) in [5.41, 5.74) is 6.00. The van der Waals surface area contributed by atoms with Gasteiger partial charge < -0.3 is 20.1 Å². The molecule has 1 fully saturated rings. The van der Waals surface area contributed by atoms with Crippen molar-refractivity contribution in [3.8, 4) is 11.5 Å². The standard InChI is InChI=1S/C21H23N3O4/c1-21(2,19(22)25)23-12-15-18(13-8-4-6-10-16(13)27-3)28-17-11-7-5-9-14(17)24(15)20(23)26/h4-11,15,18H,12H2,1-3H3,(H2,22,25). The zero-order valence-corrected chi connectivity index (χ0v) is 16.1. The lowest BCUT2D eigenvalue weighted by molar-refractivity contribution is -0.126. The largest absolute Gasteiger partial charge is 0.496 e. The van der Waals surface area contributed by atoms with Crippen LogP contribution in [0.5, 0.6) is 11.5 Å². The van der Waals surface area contributed by atoms with Crippen LogP contribution >= 0.6 is 0 Å². The summed E-state index contributed by atoms with van der Waals surface area (Å²) in [6, 6.07) is 14.4. The minimum atomic E-state index is -1.12. The summed E-state index contributed by atoms with van der Waals surface area (Å²) in [6.07, 6.45) is -0.441. The Balaban J connectivity index is 1.84. The Morgan fingerprint density at radius 2 is 1.86 bits per heavy atom. The van der Waals surface area contributed by atoms with E-state index in [4.69, 9.17) is 15.2 Å². The van der Waals surface area contributed by atoms with Crippen LogP contribution in [-0.4, -0.2) is 42.1 Å². The van der Waals surface area contributed by atoms with E-state index >= 15 is 0 Å². The van der Waals surface area contributed by atoms with Crippen molar-refractivity contribution in [1.29, 1.82) is 0 Å². The van der Waals surface area contributed by atoms with Crippen LogP contribution in [0, 0.1) is 0 Å². The van der Waals surface area contributed by atoms with Crippen LogP contribution in [0.1, 0.15) is 25.5 Å². The fourth-order valence-corrected chi connectivity index (χ4v) is 3.88. The maximum Gasteiger partial charge on any atom is 0.326 e. The highest BCUT2D eigenvalue weighted by Crippen LogP contribution is 2.47. The SMILES string of the molecule is COc1ccccc1C1Oc2ccccc2N2C(=O)N(C(C)(C)C(N)=O)CC12. The molecule has 0 aromatic heterocycles. The van der Waals surface area contributed by atoms with E-state index in [2.05, 4.69) is 0 Å². The molecule has 2 aromatic rings. The molecule has 0 aliphatic carbocycles. The van der Waals surface area contributed by atoms with Gasteiger partial charge in [-0.05, 0) is 32.0 Å². The fourth-order valence-electron chi connectivity index (χ4n) is 3.88. The van der Waals surface area contributed by atoms with Crippen molar-refractivity contribution in [1.82, 2.24) is 4.90 Å². The van der Waals surface area contributed by atoms with Gasteiger partial charge in [0.05, 0.1) is 18.8 Å². The molecule has 2 heterocycles. The third-order valence-electron chi connectivity index (χ3n) is 5.59. The second-order valence-corrected chi connectivity index (χ2v) is 7.50. The van der Waals surface area contributed by atoms with E-state index in [0.717, 1.165) is 5.56 Å². The normalized spacial score (nSPS) is 21.0. The van der Waals surface area contributed by atoms with Crippen molar-refractivity contribution < 1.29 is 19.1 Å². The van der Waals surface area contributed by atoms with Gasteiger partial charge >= 0.3 is 6.03 Å². The third-order valence-corrected chi connectivity index (χ3v) is 5.59. The van der Waals surface area contributed by atoms with Crippen molar-refractivity contribution in [2.24, 2.45) is 5.73 Å². The van der Waals surface area contributed by atoms with E-state index in [1.54, 1.807) is 25.9 Å². The average molecular weight is 381 g/mol. The van der Waals surface area contributed by atoms with E-state index in [-0.39, 0.29) is 12.1 Å². The molecule has 3 amide bonds. The maximum absolute atomic E-state index is 13.3. The molecule has 0 spiro atoms. The molecular formula is C21H23N3O4. The zero-order chi connectivity index (χ0) is 20.1. The number of para-hydroxylation sites is 3. The van der Waals surface area contributed by atoms with Crippen molar-refractivity contribution in [2.75, 3.05) is 18.6 Å². The predicted octanol–water partition coefficient (Wildman–Crippen LogP) is 2.70. The van der Waals surface area contributed by atoms with Gasteiger partial charge in [-0.25, -0.2) is 4.79 Å². The first-order valence-electron chi connectivity index (χ1n) is 9.15. The van der Waals surface area contributed by atoms with E-state index in [9.17, 15) is 9.59 Å². The van der Waals surface area contributed by atoms with Gasteiger partial charge in [-0.1, -0.05) is 30.3 Å². The number of anilines is 1. The number of hydrogen-bond acceptors (Lipinski definition) is 4. The number of nitrogens with zero attached hydrogens (tertiary/aromatic N) is 2. The summed E-state index contributed by atoms with van der Waals surface area (Å²) in [5, 5.41) is 0. The van der Waals surface area contributed by atoms with Gasteiger partial charge in [0.2, 0.25) is 5.91 Å². The smallest absolute Gasteiger partial charge is 0.326 e. The van der Waals surface area contributed by atoms with Crippen LogP contribution in [0.4, 0.5) is 10.5 Å². The third kappa shape index (κ3) is 2.58. The fraction of sp³-hybridized carbons (Fsp3) is 0.333. The van der Waals surface area contributed by atoms with Crippen LogP contribution in [-0.2, 0) is 4.79 Å². The molecule has 7 nitrogen and oxygen atoms in total. The van der Waals surface area contributed by atoms with Gasteiger partial charge in [0, 0.05) is 12.1 Å². The van der Waals surface area contributed by atoms with Gasteiger partial charge in [-0.2, -0.15) is 0 Å². The molecule has 0 bridgehead atoms. The van der Waals surface area contributed by atoms with Gasteiger partial charge in [-0.15, -0.1) is 0 Å². The predicted molar refractivity (Wildman–Crippen MR) is 104 cm³/mol. The molecule has 0 saturated carbocycles. The maximum atomic E-state index is 13.3. The highest BCUT2D eigenvalue weighted by atomic mass is 16.5. The first-order valence-corrected chi connectivity index (χ1v) is 9.15. The summed E-state index contributed by atoms with van der Waals surface area (Å²) in [5.74, 6) is 0.748. The Bertz CT molecular complexity index is 943. The van der Waals surface area contributed by atoms with E-state index in [1.807, 2.05) is 48.5 Å². The van der Waals surface area contributed by atoms with Crippen LogP contribution < -0.4 is 20.1 Å². The highest BCUT2D eigenvalue weighted by Gasteiger charge is 2.53. The van der Waals surface area contributed by atoms with Crippen LogP contribution in [0.3, 0.4) is 0 Å². The molecular weight excluding hydrogens is 358 g/mol. The monoisotopic (exact) mass is 381 g/mol. The second kappa shape index (κ2) is 6.44. The van der Waals surface area contributed by atoms with Crippen LogP contribution in [0.15, 0.2) is 48.5 Å². The summed E-state index contributed by atoms with van der Waals surface area (Å²) < 4.78 is 11.9. The number of methoxy groups -OCH3 is 1. The highest BCUT2D eigenvalue weighted by molar-refractivity contribution is 6.01. The molecule has 0 radical (unpaired) electrons. The van der Waals surface area contributed by atoms with Crippen molar-refractivity contribution in [3.63, 3.8) is 0 Å². The quantitative estimate of drug-likeness (QED) is 0.882. The number of fused-ring (bicyclic) bond motifs is 3. The molecule has 2 aliphatic rings. The second-order valence-electron chi connectivity index (χ2n) is 7.50. The number of carbonyl (C=O) groups is 2. The Hall–Kier alpha value is -3.22. The lowest BCUT2D eigenvalue weighted by atomic mass is 9.97. The van der Waals surface area contributed by atoms with E-state index in [1.165, 1.54) is 4.90 Å². The lowest BCUT2D eigenvalue weighted by Gasteiger charge is -2.37. The van der Waals surface area contributed by atoms with Gasteiger partial charge in [-0.3, -0.25) is 9.69 Å². The van der Waals surface area contributed by atoms with Gasteiger partial charge in [0.1, 0.15) is 23.1 Å². The molecule has 1 saturated heterocycles. The number of hydrogen-bond donors (Lipinski definition) is 1. The number of amides is 3. The first-order chi connectivity index (χ1) is 13.4. The van der Waals surface area contributed by atoms with Crippen molar-refractivity contribution in [2.45, 2.75) is 31.5 Å². The number of nitrogens with two attached hydrogens (primary N) is 1. The van der Waals surface area contributed by atoms with Gasteiger partial charge in [0.25, 0.3) is 0 Å². The molecule has 2 aliphatic heterocycles. The number of benzene rings is 2. The minimum Gasteiger partial charge on any atom is -0.496 e. The summed E-state index contributed by atoms with van der Waals surface area (Å²) in [6.45, 7) is 3.64. The van der Waals surface area contributed by atoms with Crippen LogP contribution in [0.25, 0.3) is 0 Å². The lowest BCUT2D eigenvalue weighted by Crippen LogP contribution is -2.54. The molecule has 2 N–H and O–H groups in total.